The van der Waals surface area contributed by atoms with Crippen LogP contribution in [0.3, 0.4) is 0 Å². The Morgan fingerprint density at radius 1 is 0.871 bits per heavy atom. The zero-order valence-electron chi connectivity index (χ0n) is 17.8. The van der Waals surface area contributed by atoms with E-state index in [0.717, 1.165) is 11.3 Å². The van der Waals surface area contributed by atoms with Crippen molar-refractivity contribution in [1.82, 2.24) is 5.32 Å². The van der Waals surface area contributed by atoms with Gasteiger partial charge in [0.15, 0.2) is 0 Å². The summed E-state index contributed by atoms with van der Waals surface area (Å²) in [5.41, 5.74) is 3.45. The molecule has 31 heavy (non-hydrogen) atoms. The largest absolute Gasteiger partial charge is 0.377 e. The van der Waals surface area contributed by atoms with Crippen LogP contribution in [0.1, 0.15) is 39.8 Å². The molecule has 5 nitrogen and oxygen atoms in total. The number of amides is 2. The van der Waals surface area contributed by atoms with Crippen molar-refractivity contribution in [3.05, 3.63) is 95.6 Å². The van der Waals surface area contributed by atoms with E-state index in [0.29, 0.717) is 16.8 Å². The molecule has 3 rings (SSSR count). The van der Waals surface area contributed by atoms with Crippen molar-refractivity contribution in [2.75, 3.05) is 24.3 Å². The number of anilines is 2. The fraction of sp³-hybridized carbons (Fsp3) is 0.200. The quantitative estimate of drug-likeness (QED) is 0.504. The normalized spacial score (nSPS) is 12.5. The van der Waals surface area contributed by atoms with Crippen LogP contribution < -0.4 is 15.5 Å². The molecule has 0 saturated carbocycles. The van der Waals surface area contributed by atoms with Gasteiger partial charge in [-0.05, 0) is 36.2 Å². The molecule has 0 aliphatic rings. The van der Waals surface area contributed by atoms with E-state index in [2.05, 4.69) is 10.6 Å². The molecule has 0 bridgehead atoms. The van der Waals surface area contributed by atoms with Crippen LogP contribution >= 0.6 is 11.6 Å². The molecule has 3 aromatic rings. The summed E-state index contributed by atoms with van der Waals surface area (Å²) in [5.74, 6) is -0.573. The van der Waals surface area contributed by atoms with Gasteiger partial charge in [0.05, 0.1) is 11.6 Å². The Morgan fingerprint density at radius 3 is 2.03 bits per heavy atom. The van der Waals surface area contributed by atoms with Gasteiger partial charge < -0.3 is 15.5 Å². The lowest BCUT2D eigenvalue weighted by atomic mass is 10.1. The van der Waals surface area contributed by atoms with Crippen LogP contribution in [0.2, 0.25) is 0 Å². The van der Waals surface area contributed by atoms with Gasteiger partial charge >= 0.3 is 0 Å². The van der Waals surface area contributed by atoms with E-state index >= 15 is 0 Å². The Kier molecular flexibility index (Phi) is 7.32. The highest BCUT2D eigenvalue weighted by molar-refractivity contribution is 6.32. The second-order valence-corrected chi connectivity index (χ2v) is 7.93. The molecule has 0 saturated heterocycles. The van der Waals surface area contributed by atoms with E-state index in [9.17, 15) is 9.59 Å². The number of carbonyl (C=O) groups excluding carboxylic acids is 2. The van der Waals surface area contributed by atoms with Crippen molar-refractivity contribution in [3.63, 3.8) is 0 Å². The summed E-state index contributed by atoms with van der Waals surface area (Å²) in [6, 6.07) is 24.0. The maximum Gasteiger partial charge on any atom is 0.253 e. The van der Waals surface area contributed by atoms with E-state index in [-0.39, 0.29) is 17.9 Å². The maximum atomic E-state index is 13.1. The fourth-order valence-corrected chi connectivity index (χ4v) is 3.46. The number of hydrogen-bond acceptors (Lipinski definition) is 3. The van der Waals surface area contributed by atoms with Gasteiger partial charge in [-0.3, -0.25) is 9.59 Å². The molecule has 6 heteroatoms. The first-order valence-electron chi connectivity index (χ1n) is 10.0. The van der Waals surface area contributed by atoms with Gasteiger partial charge in [0.25, 0.3) is 5.91 Å². The molecule has 0 heterocycles. The minimum Gasteiger partial charge on any atom is -0.377 e. The van der Waals surface area contributed by atoms with Crippen LogP contribution in [0.4, 0.5) is 11.4 Å². The predicted molar refractivity (Wildman–Crippen MR) is 127 cm³/mol. The number of hydrogen-bond donors (Lipinski definition) is 2. The molecule has 0 aromatic heterocycles. The van der Waals surface area contributed by atoms with Crippen LogP contribution in [-0.2, 0) is 4.79 Å². The summed E-state index contributed by atoms with van der Waals surface area (Å²) < 4.78 is 0. The number of benzene rings is 3. The van der Waals surface area contributed by atoms with Crippen molar-refractivity contribution in [1.29, 1.82) is 0 Å². The Bertz CT molecular complexity index is 1040. The van der Waals surface area contributed by atoms with Gasteiger partial charge in [-0.25, -0.2) is 0 Å². The van der Waals surface area contributed by atoms with Crippen LogP contribution in [-0.4, -0.2) is 25.9 Å². The summed E-state index contributed by atoms with van der Waals surface area (Å²) in [4.78, 5) is 27.6. The van der Waals surface area contributed by atoms with Gasteiger partial charge in [0.2, 0.25) is 5.91 Å². The number of carbonyl (C=O) groups is 2. The highest BCUT2D eigenvalue weighted by Gasteiger charge is 2.20. The zero-order chi connectivity index (χ0) is 22.4. The van der Waals surface area contributed by atoms with Crippen LogP contribution in [0.5, 0.6) is 0 Å². The van der Waals surface area contributed by atoms with Crippen molar-refractivity contribution in [3.8, 4) is 0 Å². The molecule has 2 amide bonds. The first kappa shape index (κ1) is 22.4. The molecular weight excluding hydrogens is 410 g/mol. The Hall–Kier alpha value is -3.31. The summed E-state index contributed by atoms with van der Waals surface area (Å²) in [7, 11) is 3.74. The lowest BCUT2D eigenvalue weighted by Crippen LogP contribution is -2.28. The number of nitrogens with zero attached hydrogens (tertiary/aromatic N) is 1. The smallest absolute Gasteiger partial charge is 0.253 e. The Morgan fingerprint density at radius 2 is 1.45 bits per heavy atom. The molecule has 0 aliphatic carbocycles. The van der Waals surface area contributed by atoms with Gasteiger partial charge in [-0.2, -0.15) is 0 Å². The summed E-state index contributed by atoms with van der Waals surface area (Å²) >= 11 is 6.33. The van der Waals surface area contributed by atoms with E-state index in [1.54, 1.807) is 24.3 Å². The molecular formula is C25H26ClN3O2. The molecule has 0 spiro atoms. The summed E-state index contributed by atoms with van der Waals surface area (Å²) in [6.45, 7) is 1.94. The minimum absolute atomic E-state index is 0.160. The molecule has 2 unspecified atom stereocenters. The molecule has 160 valence electrons. The third kappa shape index (κ3) is 5.64. The Balaban J connectivity index is 1.80. The highest BCUT2D eigenvalue weighted by atomic mass is 35.5. The summed E-state index contributed by atoms with van der Waals surface area (Å²) in [6.07, 6.45) is 0. The number of alkyl halides is 1. The molecule has 3 aromatic carbocycles. The third-order valence-corrected chi connectivity index (χ3v) is 5.41. The topological polar surface area (TPSA) is 61.4 Å². The van der Waals surface area contributed by atoms with Crippen LogP contribution in [0.15, 0.2) is 78.9 Å². The third-order valence-electron chi connectivity index (χ3n) is 4.96. The zero-order valence-corrected chi connectivity index (χ0v) is 18.6. The first-order valence-corrected chi connectivity index (χ1v) is 10.5. The van der Waals surface area contributed by atoms with Crippen molar-refractivity contribution in [2.45, 2.75) is 18.3 Å². The molecule has 2 N–H and O–H groups in total. The fourth-order valence-electron chi connectivity index (χ4n) is 3.26. The number of rotatable bonds is 7. The number of halogens is 1. The summed E-state index contributed by atoms with van der Waals surface area (Å²) in [5, 5.41) is 5.02. The van der Waals surface area contributed by atoms with E-state index in [1.807, 2.05) is 80.5 Å². The molecule has 0 radical (unpaired) electrons. The molecule has 0 aliphatic heterocycles. The van der Waals surface area contributed by atoms with Gasteiger partial charge in [-0.15, -0.1) is 11.6 Å². The Labute approximate surface area is 188 Å². The van der Waals surface area contributed by atoms with E-state index in [4.69, 9.17) is 11.6 Å². The predicted octanol–water partition coefficient (Wildman–Crippen LogP) is 5.16. The maximum absolute atomic E-state index is 13.1. The van der Waals surface area contributed by atoms with Crippen molar-refractivity contribution >= 4 is 34.8 Å². The van der Waals surface area contributed by atoms with Crippen LogP contribution in [0.25, 0.3) is 0 Å². The second kappa shape index (κ2) is 10.1. The van der Waals surface area contributed by atoms with Crippen molar-refractivity contribution in [2.24, 2.45) is 0 Å². The first-order chi connectivity index (χ1) is 14.9. The second-order valence-electron chi connectivity index (χ2n) is 7.49. The van der Waals surface area contributed by atoms with E-state index < -0.39 is 5.38 Å². The van der Waals surface area contributed by atoms with Crippen molar-refractivity contribution < 1.29 is 9.59 Å². The highest BCUT2D eigenvalue weighted by Crippen LogP contribution is 2.26. The average Bonchev–Trinajstić information content (AvgIpc) is 2.79. The van der Waals surface area contributed by atoms with E-state index in [1.165, 1.54) is 0 Å². The molecule has 2 atom stereocenters. The van der Waals surface area contributed by atoms with Gasteiger partial charge in [0, 0.05) is 25.5 Å². The number of nitrogens with one attached hydrogen (secondary N) is 2. The van der Waals surface area contributed by atoms with Crippen LogP contribution in [0, 0.1) is 0 Å². The average molecular weight is 436 g/mol. The lowest BCUT2D eigenvalue weighted by molar-refractivity contribution is -0.116. The molecule has 0 fully saturated rings. The van der Waals surface area contributed by atoms with Gasteiger partial charge in [0.1, 0.15) is 5.38 Å². The monoisotopic (exact) mass is 435 g/mol. The standard InChI is InChI=1S/C25H26ClN3O2/c1-17(18-10-6-4-7-11-18)27-24(30)21-16-20(14-15-22(21)29(2)3)28-25(31)23(26)19-12-8-5-9-13-19/h4-17,23H,1-3H3,(H,27,30)(H,28,31). The minimum atomic E-state index is -0.829. The lowest BCUT2D eigenvalue weighted by Gasteiger charge is -2.21. The van der Waals surface area contributed by atoms with Gasteiger partial charge in [-0.1, -0.05) is 60.7 Å². The SMILES string of the molecule is CC(NC(=O)c1cc(NC(=O)C(Cl)c2ccccc2)ccc1N(C)C)c1ccccc1.